The molecule has 1 aliphatic carbocycles. The van der Waals surface area contributed by atoms with Gasteiger partial charge in [0.25, 0.3) is 0 Å². The summed E-state index contributed by atoms with van der Waals surface area (Å²) in [5, 5.41) is 2.23. The molecule has 0 amide bonds. The maximum absolute atomic E-state index is 6.67. The van der Waals surface area contributed by atoms with Gasteiger partial charge in [-0.1, -0.05) is 146 Å². The molecule has 266 valence electrons. The van der Waals surface area contributed by atoms with Crippen LogP contribution < -0.4 is 4.74 Å². The number of nitrogens with zero attached hydrogens (tertiary/aromatic N) is 2. The lowest BCUT2D eigenvalue weighted by atomic mass is 9.66. The minimum atomic E-state index is -0.618. The molecule has 4 heteroatoms. The molecule has 2 aliphatic rings. The fourth-order valence-corrected chi connectivity index (χ4v) is 9.22. The van der Waals surface area contributed by atoms with Crippen molar-refractivity contribution < 1.29 is 9.15 Å². The molecule has 3 heterocycles. The summed E-state index contributed by atoms with van der Waals surface area (Å²) in [6, 6.07) is 68.4. The molecule has 0 fully saturated rings. The number of benzene rings is 8. The van der Waals surface area contributed by atoms with Crippen LogP contribution in [0.3, 0.4) is 0 Å². The summed E-state index contributed by atoms with van der Waals surface area (Å²) in [5.41, 5.74) is 15.3. The highest BCUT2D eigenvalue weighted by molar-refractivity contribution is 6.06. The Kier molecular flexibility index (Phi) is 6.81. The van der Waals surface area contributed by atoms with Crippen molar-refractivity contribution in [2.45, 2.75) is 5.41 Å². The Morgan fingerprint density at radius 2 is 0.947 bits per heavy atom. The molecule has 8 aromatic carbocycles. The number of fused-ring (bicyclic) bond motifs is 12. The van der Waals surface area contributed by atoms with Gasteiger partial charge in [-0.05, 0) is 81.9 Å². The number of para-hydroxylation sites is 3. The zero-order chi connectivity index (χ0) is 37.5. The summed E-state index contributed by atoms with van der Waals surface area (Å²) in [6.07, 6.45) is 0. The standard InChI is InChI=1S/C53H32N2O2/c1-3-13-33(14-4-1)46-32-47(55-52(54-46)34-15-5-2-6-16-34)37-24-27-42-40(30-37)38-26-23-36(35-25-28-49-41(29-35)39-17-7-10-20-48(39)56-49)31-45(38)53(42)43-18-8-11-21-50(43)57-51-22-12-9-19-44(51)53/h1-32H. The molecule has 12 rings (SSSR count). The van der Waals surface area contributed by atoms with Gasteiger partial charge in [0, 0.05) is 38.6 Å². The lowest BCUT2D eigenvalue weighted by Crippen LogP contribution is -2.32. The molecular weight excluding hydrogens is 697 g/mol. The van der Waals surface area contributed by atoms with Crippen LogP contribution in [-0.4, -0.2) is 9.97 Å². The fourth-order valence-electron chi connectivity index (χ4n) is 9.22. The van der Waals surface area contributed by atoms with Crippen molar-refractivity contribution in [3.8, 4) is 67.7 Å². The van der Waals surface area contributed by atoms with E-state index in [1.807, 2.05) is 36.4 Å². The van der Waals surface area contributed by atoms with Crippen LogP contribution in [0.1, 0.15) is 22.3 Å². The smallest absolute Gasteiger partial charge is 0.160 e. The molecule has 0 saturated heterocycles. The Labute approximate surface area is 329 Å². The van der Waals surface area contributed by atoms with E-state index in [1.54, 1.807) is 0 Å². The van der Waals surface area contributed by atoms with Gasteiger partial charge in [-0.2, -0.15) is 0 Å². The molecule has 0 radical (unpaired) electrons. The SMILES string of the molecule is c1ccc(-c2cc(-c3ccc4c(c3)-c3ccc(-c5ccc6oc7ccccc7c6c5)cc3C43c4ccccc4Oc4ccccc43)nc(-c3ccccc3)n2)cc1. The Balaban J connectivity index is 1.11. The summed E-state index contributed by atoms with van der Waals surface area (Å²) in [4.78, 5) is 10.3. The second kappa shape index (κ2) is 12.2. The van der Waals surface area contributed by atoms with E-state index in [-0.39, 0.29) is 0 Å². The largest absolute Gasteiger partial charge is 0.457 e. The number of ether oxygens (including phenoxy) is 1. The number of hydrogen-bond acceptors (Lipinski definition) is 4. The minimum absolute atomic E-state index is 0.618. The number of furan rings is 1. The van der Waals surface area contributed by atoms with Gasteiger partial charge in [-0.3, -0.25) is 0 Å². The Morgan fingerprint density at radius 3 is 1.72 bits per heavy atom. The van der Waals surface area contributed by atoms with Crippen LogP contribution in [0, 0.1) is 0 Å². The van der Waals surface area contributed by atoms with Crippen molar-refractivity contribution in [2.75, 3.05) is 0 Å². The first kappa shape index (κ1) is 31.8. The van der Waals surface area contributed by atoms with Crippen molar-refractivity contribution >= 4 is 21.9 Å². The second-order valence-corrected chi connectivity index (χ2v) is 14.9. The van der Waals surface area contributed by atoms with Crippen LogP contribution in [0.5, 0.6) is 11.5 Å². The molecule has 0 unspecified atom stereocenters. The summed E-state index contributed by atoms with van der Waals surface area (Å²) >= 11 is 0. The van der Waals surface area contributed by atoms with Gasteiger partial charge in [0.15, 0.2) is 5.82 Å². The Morgan fingerprint density at radius 1 is 0.351 bits per heavy atom. The predicted octanol–water partition coefficient (Wildman–Crippen LogP) is 13.5. The quantitative estimate of drug-likeness (QED) is 0.181. The average Bonchev–Trinajstić information content (AvgIpc) is 3.80. The first-order chi connectivity index (χ1) is 28.2. The van der Waals surface area contributed by atoms with Crippen molar-refractivity contribution in [3.05, 3.63) is 216 Å². The van der Waals surface area contributed by atoms with E-state index in [0.717, 1.165) is 83.8 Å². The zero-order valence-electron chi connectivity index (χ0n) is 30.7. The highest BCUT2D eigenvalue weighted by Gasteiger charge is 2.51. The van der Waals surface area contributed by atoms with E-state index in [2.05, 4.69) is 158 Å². The van der Waals surface area contributed by atoms with E-state index >= 15 is 0 Å². The monoisotopic (exact) mass is 728 g/mol. The topological polar surface area (TPSA) is 48.2 Å². The third-order valence-corrected chi connectivity index (χ3v) is 11.8. The first-order valence-electron chi connectivity index (χ1n) is 19.3. The Bertz CT molecular complexity index is 3120. The summed E-state index contributed by atoms with van der Waals surface area (Å²) in [6.45, 7) is 0. The van der Waals surface area contributed by atoms with Crippen LogP contribution in [-0.2, 0) is 5.41 Å². The van der Waals surface area contributed by atoms with Gasteiger partial charge < -0.3 is 9.15 Å². The summed E-state index contributed by atoms with van der Waals surface area (Å²) < 4.78 is 12.9. The number of aromatic nitrogens is 2. The predicted molar refractivity (Wildman–Crippen MR) is 228 cm³/mol. The van der Waals surface area contributed by atoms with Gasteiger partial charge >= 0.3 is 0 Å². The molecule has 0 saturated carbocycles. The summed E-state index contributed by atoms with van der Waals surface area (Å²) in [5.74, 6) is 2.43. The van der Waals surface area contributed by atoms with Crippen molar-refractivity contribution in [1.29, 1.82) is 0 Å². The molecular formula is C53H32N2O2. The van der Waals surface area contributed by atoms with Crippen LogP contribution in [0.2, 0.25) is 0 Å². The fraction of sp³-hybridized carbons (Fsp3) is 0.0189. The van der Waals surface area contributed by atoms with Gasteiger partial charge in [0.2, 0.25) is 0 Å². The highest BCUT2D eigenvalue weighted by atomic mass is 16.5. The van der Waals surface area contributed by atoms with Gasteiger partial charge in [0.05, 0.1) is 16.8 Å². The second-order valence-electron chi connectivity index (χ2n) is 14.9. The average molecular weight is 729 g/mol. The molecule has 57 heavy (non-hydrogen) atoms. The third kappa shape index (κ3) is 4.74. The molecule has 0 N–H and O–H groups in total. The van der Waals surface area contributed by atoms with Crippen molar-refractivity contribution in [1.82, 2.24) is 9.97 Å². The van der Waals surface area contributed by atoms with Crippen molar-refractivity contribution in [2.24, 2.45) is 0 Å². The Hall–Kier alpha value is -7.56. The van der Waals surface area contributed by atoms with Crippen LogP contribution >= 0.6 is 0 Å². The first-order valence-corrected chi connectivity index (χ1v) is 19.3. The van der Waals surface area contributed by atoms with Crippen molar-refractivity contribution in [3.63, 3.8) is 0 Å². The number of hydrogen-bond donors (Lipinski definition) is 0. The lowest BCUT2D eigenvalue weighted by Gasteiger charge is -2.39. The zero-order valence-corrected chi connectivity index (χ0v) is 30.7. The van der Waals surface area contributed by atoms with E-state index in [9.17, 15) is 0 Å². The molecule has 10 aromatic rings. The highest BCUT2D eigenvalue weighted by Crippen LogP contribution is 2.62. The lowest BCUT2D eigenvalue weighted by molar-refractivity contribution is 0.436. The molecule has 2 aromatic heterocycles. The van der Waals surface area contributed by atoms with E-state index < -0.39 is 5.41 Å². The van der Waals surface area contributed by atoms with Crippen LogP contribution in [0.25, 0.3) is 78.1 Å². The third-order valence-electron chi connectivity index (χ3n) is 11.8. The van der Waals surface area contributed by atoms with Crippen LogP contribution in [0.15, 0.2) is 199 Å². The maximum Gasteiger partial charge on any atom is 0.160 e. The normalized spacial score (nSPS) is 13.2. The minimum Gasteiger partial charge on any atom is -0.457 e. The van der Waals surface area contributed by atoms with Crippen LogP contribution in [0.4, 0.5) is 0 Å². The summed E-state index contributed by atoms with van der Waals surface area (Å²) in [7, 11) is 0. The molecule has 4 nitrogen and oxygen atoms in total. The van der Waals surface area contributed by atoms with E-state index in [1.165, 1.54) is 22.3 Å². The van der Waals surface area contributed by atoms with Gasteiger partial charge in [-0.15, -0.1) is 0 Å². The van der Waals surface area contributed by atoms with E-state index in [4.69, 9.17) is 19.1 Å². The van der Waals surface area contributed by atoms with Gasteiger partial charge in [-0.25, -0.2) is 9.97 Å². The molecule has 0 atom stereocenters. The van der Waals surface area contributed by atoms with E-state index in [0.29, 0.717) is 5.82 Å². The maximum atomic E-state index is 6.67. The number of rotatable bonds is 4. The van der Waals surface area contributed by atoms with Gasteiger partial charge in [0.1, 0.15) is 22.7 Å². The molecule has 1 aliphatic heterocycles. The molecule has 1 spiro atoms. The molecule has 0 bridgehead atoms.